The van der Waals surface area contributed by atoms with Gasteiger partial charge in [-0.15, -0.1) is 11.3 Å². The molecule has 0 atom stereocenters. The monoisotopic (exact) mass is 173 g/mol. The first-order valence-corrected chi connectivity index (χ1v) is 2.27. The van der Waals surface area contributed by atoms with E-state index in [2.05, 4.69) is 5.38 Å². The van der Waals surface area contributed by atoms with Crippen LogP contribution in [0.3, 0.4) is 0 Å². The van der Waals surface area contributed by atoms with Crippen molar-refractivity contribution in [3.63, 3.8) is 0 Å². The van der Waals surface area contributed by atoms with Gasteiger partial charge in [0.2, 0.25) is 0 Å². The van der Waals surface area contributed by atoms with Crippen LogP contribution in [0.25, 0.3) is 0 Å². The van der Waals surface area contributed by atoms with Gasteiger partial charge in [-0.3, -0.25) is 0 Å². The van der Waals surface area contributed by atoms with Gasteiger partial charge in [0.25, 0.3) is 0 Å². The maximum Gasteiger partial charge on any atom is 0.0442 e. The molecule has 0 spiro atoms. The number of halogens is 1. The van der Waals surface area contributed by atoms with Crippen LogP contribution in [0.5, 0.6) is 0 Å². The Hall–Kier alpha value is 0.509. The Labute approximate surface area is 63.8 Å². The summed E-state index contributed by atoms with van der Waals surface area (Å²) >= 11 is 1.59. The molecule has 40 valence electrons. The summed E-state index contributed by atoms with van der Waals surface area (Å²) in [5.41, 5.74) is 0. The zero-order chi connectivity index (χ0) is 3.54. The van der Waals surface area contributed by atoms with Gasteiger partial charge in [0.05, 0.1) is 0 Å². The largest absolute Gasteiger partial charge is 1.00 e. The standard InChI is InChI=1S/C4H3S.ClH.Mn/c1-2-4-5-3-1;;/h1-3H;1H;/p-1. The molecule has 1 heterocycles. The average molecular weight is 174 g/mol. The minimum Gasteiger partial charge on any atom is -1.00 e. The molecule has 0 aliphatic heterocycles. The van der Waals surface area contributed by atoms with Crippen LogP contribution in [0.15, 0.2) is 17.5 Å². The van der Waals surface area contributed by atoms with E-state index in [1.54, 1.807) is 11.3 Å². The van der Waals surface area contributed by atoms with Crippen molar-refractivity contribution in [3.05, 3.63) is 22.9 Å². The first-order valence-electron chi connectivity index (χ1n) is 1.40. The molecule has 0 amide bonds. The average Bonchev–Trinajstić information content (AvgIpc) is 1.76. The van der Waals surface area contributed by atoms with E-state index in [1.807, 2.05) is 17.5 Å². The molecule has 0 saturated carbocycles. The molecule has 0 fully saturated rings. The molecule has 0 N–H and O–H groups in total. The van der Waals surface area contributed by atoms with E-state index in [0.29, 0.717) is 0 Å². The molecular formula is C4H3ClMnS-. The molecule has 3 heteroatoms. The molecule has 0 aromatic carbocycles. The van der Waals surface area contributed by atoms with Gasteiger partial charge in [0.1, 0.15) is 0 Å². The number of hydrogen-bond acceptors (Lipinski definition) is 1. The third-order valence-electron chi connectivity index (χ3n) is 0.379. The van der Waals surface area contributed by atoms with E-state index in [-0.39, 0.29) is 29.5 Å². The number of thiophene rings is 1. The van der Waals surface area contributed by atoms with Gasteiger partial charge in [-0.2, -0.15) is 0 Å². The zero-order valence-electron chi connectivity index (χ0n) is 3.40. The van der Waals surface area contributed by atoms with Gasteiger partial charge in [-0.25, -0.2) is 0 Å². The van der Waals surface area contributed by atoms with Crippen molar-refractivity contribution in [1.29, 1.82) is 0 Å². The summed E-state index contributed by atoms with van der Waals surface area (Å²) in [6.45, 7) is 0. The Balaban J connectivity index is 0. The minimum absolute atomic E-state index is 0. The van der Waals surface area contributed by atoms with E-state index in [4.69, 9.17) is 0 Å². The van der Waals surface area contributed by atoms with Gasteiger partial charge in [-0.05, 0) is 11.4 Å². The first-order chi connectivity index (χ1) is 2.50. The van der Waals surface area contributed by atoms with Gasteiger partial charge in [-0.1, -0.05) is 6.07 Å². The molecule has 1 aromatic rings. The Morgan fingerprint density at radius 1 is 1.43 bits per heavy atom. The van der Waals surface area contributed by atoms with Crippen molar-refractivity contribution in [2.24, 2.45) is 0 Å². The molecule has 0 bridgehead atoms. The summed E-state index contributed by atoms with van der Waals surface area (Å²) < 4.78 is 0. The van der Waals surface area contributed by atoms with E-state index < -0.39 is 0 Å². The fourth-order valence-electron chi connectivity index (χ4n) is 0.196. The molecular weight excluding hydrogens is 171 g/mol. The zero-order valence-corrected chi connectivity index (χ0v) is 6.15. The van der Waals surface area contributed by atoms with Gasteiger partial charge < -0.3 is 12.4 Å². The fraction of sp³-hybridized carbons (Fsp3) is 0. The summed E-state index contributed by atoms with van der Waals surface area (Å²) in [4.78, 5) is 0. The van der Waals surface area contributed by atoms with Crippen LogP contribution >= 0.6 is 11.3 Å². The fourth-order valence-corrected chi connectivity index (χ4v) is 0.589. The SMILES string of the molecule is [Cl-].[Mn].[c]1cccs1. The van der Waals surface area contributed by atoms with Gasteiger partial charge in [0, 0.05) is 22.4 Å². The van der Waals surface area contributed by atoms with E-state index in [0.717, 1.165) is 0 Å². The van der Waals surface area contributed by atoms with Crippen molar-refractivity contribution >= 4 is 11.3 Å². The Bertz CT molecular complexity index is 68.2. The molecule has 1 rings (SSSR count). The number of rotatable bonds is 0. The van der Waals surface area contributed by atoms with Gasteiger partial charge >= 0.3 is 0 Å². The summed E-state index contributed by atoms with van der Waals surface area (Å²) in [6, 6.07) is 3.86. The first kappa shape index (κ1) is 10.5. The molecule has 7 heavy (non-hydrogen) atoms. The van der Waals surface area contributed by atoms with Crippen molar-refractivity contribution in [3.8, 4) is 0 Å². The van der Waals surface area contributed by atoms with Crippen LogP contribution in [-0.4, -0.2) is 0 Å². The van der Waals surface area contributed by atoms with Crippen molar-refractivity contribution < 1.29 is 29.5 Å². The molecule has 2 radical (unpaired) electrons. The Morgan fingerprint density at radius 3 is 2.29 bits per heavy atom. The van der Waals surface area contributed by atoms with Crippen LogP contribution in [0.1, 0.15) is 0 Å². The van der Waals surface area contributed by atoms with Gasteiger partial charge in [0.15, 0.2) is 0 Å². The predicted molar refractivity (Wildman–Crippen MR) is 23.2 cm³/mol. The Kier molecular flexibility index (Phi) is 9.75. The number of hydrogen-bond donors (Lipinski definition) is 0. The minimum atomic E-state index is 0. The van der Waals surface area contributed by atoms with Crippen LogP contribution < -0.4 is 12.4 Å². The summed E-state index contributed by atoms with van der Waals surface area (Å²) in [5, 5.41) is 4.89. The topological polar surface area (TPSA) is 0 Å². The molecule has 0 aliphatic carbocycles. The third-order valence-corrected chi connectivity index (χ3v) is 0.944. The smallest absolute Gasteiger partial charge is 0.0442 e. The normalized spacial score (nSPS) is 5.71. The van der Waals surface area contributed by atoms with E-state index in [1.165, 1.54) is 0 Å². The predicted octanol–water partition coefficient (Wildman–Crippen LogP) is -1.45. The molecule has 1 aromatic heterocycles. The van der Waals surface area contributed by atoms with Crippen molar-refractivity contribution in [2.45, 2.75) is 0 Å². The van der Waals surface area contributed by atoms with Crippen molar-refractivity contribution in [1.82, 2.24) is 0 Å². The van der Waals surface area contributed by atoms with E-state index in [9.17, 15) is 0 Å². The molecule has 0 saturated heterocycles. The summed E-state index contributed by atoms with van der Waals surface area (Å²) in [6.07, 6.45) is 0. The van der Waals surface area contributed by atoms with Crippen molar-refractivity contribution in [2.75, 3.05) is 0 Å². The summed E-state index contributed by atoms with van der Waals surface area (Å²) in [7, 11) is 0. The van der Waals surface area contributed by atoms with Crippen LogP contribution in [0, 0.1) is 5.38 Å². The summed E-state index contributed by atoms with van der Waals surface area (Å²) in [5.74, 6) is 0. The maximum atomic E-state index is 2.90. The quantitative estimate of drug-likeness (QED) is 0.421. The molecule has 0 aliphatic rings. The second-order valence-electron chi connectivity index (χ2n) is 0.731. The maximum absolute atomic E-state index is 2.90. The van der Waals surface area contributed by atoms with Crippen LogP contribution in [0.4, 0.5) is 0 Å². The molecule has 0 nitrogen and oxygen atoms in total. The molecule has 0 unspecified atom stereocenters. The Morgan fingerprint density at radius 2 is 2.14 bits per heavy atom. The third kappa shape index (κ3) is 4.36. The second kappa shape index (κ2) is 6.51. The van der Waals surface area contributed by atoms with Crippen LogP contribution in [0.2, 0.25) is 0 Å². The van der Waals surface area contributed by atoms with E-state index >= 15 is 0 Å². The second-order valence-corrected chi connectivity index (χ2v) is 1.47. The van der Waals surface area contributed by atoms with Crippen LogP contribution in [-0.2, 0) is 17.1 Å².